The average Bonchev–Trinajstić information content (AvgIpc) is 3.70. The highest BCUT2D eigenvalue weighted by Gasteiger charge is 2.18. The van der Waals surface area contributed by atoms with Gasteiger partial charge in [-0.2, -0.15) is 10.5 Å². The van der Waals surface area contributed by atoms with Crippen molar-refractivity contribution in [2.24, 2.45) is 0 Å². The lowest BCUT2D eigenvalue weighted by Crippen LogP contribution is -1.98. The molecule has 0 fully saturated rings. The van der Waals surface area contributed by atoms with Gasteiger partial charge in [0, 0.05) is 27.4 Å². The van der Waals surface area contributed by atoms with E-state index in [4.69, 9.17) is 6.57 Å². The van der Waals surface area contributed by atoms with Gasteiger partial charge < -0.3 is 9.13 Å². The Morgan fingerprint density at radius 3 is 1.86 bits per heavy atom. The van der Waals surface area contributed by atoms with E-state index in [1.54, 1.807) is 0 Å². The Hall–Kier alpha value is -7.39. The first-order chi connectivity index (χ1) is 24.7. The van der Waals surface area contributed by atoms with Crippen LogP contribution >= 0.6 is 0 Å². The fraction of sp³-hybridized carbons (Fsp3) is 0. The normalized spacial score (nSPS) is 11.1. The highest BCUT2D eigenvalue weighted by atomic mass is 15.0. The molecule has 0 aliphatic rings. The zero-order valence-corrected chi connectivity index (χ0v) is 26.7. The lowest BCUT2D eigenvalue weighted by Gasteiger charge is -2.16. The minimum absolute atomic E-state index is 0.580. The Kier molecular flexibility index (Phi) is 6.56. The predicted octanol–water partition coefficient (Wildman–Crippen LogP) is 11.5. The molecular formula is C45H25N5. The van der Waals surface area contributed by atoms with E-state index < -0.39 is 0 Å². The van der Waals surface area contributed by atoms with Crippen LogP contribution < -0.4 is 0 Å². The fourth-order valence-corrected chi connectivity index (χ4v) is 7.36. The van der Waals surface area contributed by atoms with Gasteiger partial charge in [-0.1, -0.05) is 84.9 Å². The van der Waals surface area contributed by atoms with Gasteiger partial charge in [-0.05, 0) is 88.8 Å². The van der Waals surface area contributed by atoms with Crippen molar-refractivity contribution in [1.29, 1.82) is 10.5 Å². The van der Waals surface area contributed by atoms with E-state index in [2.05, 4.69) is 105 Å². The molecule has 0 spiro atoms. The molecule has 0 aliphatic heterocycles. The largest absolute Gasteiger partial charge is 0.319 e. The SMILES string of the molecule is [C-]#[N+]c1cccc2c3ccccc3n(-c3ccc(-c4cccc(-c5cc(C#N)ccc5-n5c6ccccc6c6cc(C#N)ccc65)c4)cc3)c12. The number of nitriles is 2. The minimum Gasteiger partial charge on any atom is -0.319 e. The summed E-state index contributed by atoms with van der Waals surface area (Å²) in [6.45, 7) is 7.86. The second-order valence-electron chi connectivity index (χ2n) is 12.3. The van der Waals surface area contributed by atoms with Crippen molar-refractivity contribution >= 4 is 49.3 Å². The van der Waals surface area contributed by atoms with E-state index in [9.17, 15) is 10.5 Å². The van der Waals surface area contributed by atoms with Crippen LogP contribution in [0.1, 0.15) is 11.1 Å². The van der Waals surface area contributed by atoms with Gasteiger partial charge in [0.05, 0.1) is 57.6 Å². The van der Waals surface area contributed by atoms with E-state index in [1.807, 2.05) is 72.8 Å². The van der Waals surface area contributed by atoms with E-state index in [0.717, 1.165) is 77.2 Å². The van der Waals surface area contributed by atoms with Crippen molar-refractivity contribution in [3.8, 4) is 45.8 Å². The van der Waals surface area contributed by atoms with Crippen molar-refractivity contribution in [3.05, 3.63) is 174 Å². The van der Waals surface area contributed by atoms with Gasteiger partial charge >= 0.3 is 0 Å². The molecule has 0 aliphatic carbocycles. The third kappa shape index (κ3) is 4.38. The maximum absolute atomic E-state index is 9.93. The van der Waals surface area contributed by atoms with E-state index >= 15 is 0 Å². The third-order valence-electron chi connectivity index (χ3n) is 9.59. The molecule has 0 saturated carbocycles. The topological polar surface area (TPSA) is 61.8 Å². The molecule has 2 heterocycles. The van der Waals surface area contributed by atoms with Gasteiger partial charge in [0.1, 0.15) is 0 Å². The molecule has 5 heteroatoms. The predicted molar refractivity (Wildman–Crippen MR) is 202 cm³/mol. The molecule has 7 aromatic carbocycles. The number of aromatic nitrogens is 2. The molecule has 0 saturated heterocycles. The number of fused-ring (bicyclic) bond motifs is 6. The van der Waals surface area contributed by atoms with Crippen molar-refractivity contribution < 1.29 is 0 Å². The summed E-state index contributed by atoms with van der Waals surface area (Å²) in [4.78, 5) is 3.86. The van der Waals surface area contributed by atoms with Crippen molar-refractivity contribution in [2.75, 3.05) is 0 Å². The Bertz CT molecular complexity index is 2960. The van der Waals surface area contributed by atoms with Gasteiger partial charge in [0.15, 0.2) is 0 Å². The van der Waals surface area contributed by atoms with Crippen LogP contribution in [0.5, 0.6) is 0 Å². The van der Waals surface area contributed by atoms with Gasteiger partial charge in [0.25, 0.3) is 0 Å². The number of benzene rings is 7. The van der Waals surface area contributed by atoms with Gasteiger partial charge in [-0.25, -0.2) is 4.85 Å². The second kappa shape index (κ2) is 11.4. The standard InChI is InChI=1S/C45H25N5/c1-48-40-13-7-12-37-35-10-2-4-14-41(35)49(45(37)40)34-20-18-31(19-21-34)32-8-6-9-33(26-32)38-24-29(27-46)16-22-43(38)50-42-15-5-3-11-36(42)39-25-30(28-47)17-23-44(39)50/h2-26H. The lowest BCUT2D eigenvalue weighted by atomic mass is 9.96. The van der Waals surface area contributed by atoms with Gasteiger partial charge in [0.2, 0.25) is 5.69 Å². The van der Waals surface area contributed by atoms with E-state index in [1.165, 1.54) is 0 Å². The third-order valence-corrected chi connectivity index (χ3v) is 9.59. The monoisotopic (exact) mass is 635 g/mol. The number of nitrogens with zero attached hydrogens (tertiary/aromatic N) is 5. The van der Waals surface area contributed by atoms with Crippen molar-refractivity contribution in [1.82, 2.24) is 9.13 Å². The quantitative estimate of drug-likeness (QED) is 0.181. The second-order valence-corrected chi connectivity index (χ2v) is 12.3. The van der Waals surface area contributed by atoms with E-state index in [0.29, 0.717) is 16.8 Å². The highest BCUT2D eigenvalue weighted by molar-refractivity contribution is 6.13. The number of para-hydroxylation sites is 3. The molecule has 230 valence electrons. The van der Waals surface area contributed by atoms with Crippen LogP contribution in [-0.4, -0.2) is 9.13 Å². The Morgan fingerprint density at radius 2 is 1.10 bits per heavy atom. The Morgan fingerprint density at radius 1 is 0.480 bits per heavy atom. The number of rotatable bonds is 4. The summed E-state index contributed by atoms with van der Waals surface area (Å²) in [6, 6.07) is 55.6. The minimum atomic E-state index is 0.580. The maximum atomic E-state index is 9.93. The lowest BCUT2D eigenvalue weighted by molar-refractivity contribution is 1.18. The van der Waals surface area contributed by atoms with E-state index in [-0.39, 0.29) is 0 Å². The smallest absolute Gasteiger partial charge is 0.211 e. The first kappa shape index (κ1) is 28.8. The summed E-state index contributed by atoms with van der Waals surface area (Å²) in [6.07, 6.45) is 0. The zero-order valence-electron chi connectivity index (χ0n) is 26.7. The molecule has 0 N–H and O–H groups in total. The fourth-order valence-electron chi connectivity index (χ4n) is 7.36. The highest BCUT2D eigenvalue weighted by Crippen LogP contribution is 2.40. The maximum Gasteiger partial charge on any atom is 0.211 e. The molecule has 0 amide bonds. The summed E-state index contributed by atoms with van der Waals surface area (Å²) >= 11 is 0. The molecule has 50 heavy (non-hydrogen) atoms. The molecular weight excluding hydrogens is 611 g/mol. The zero-order chi connectivity index (χ0) is 33.8. The van der Waals surface area contributed by atoms with Gasteiger partial charge in [-0.3, -0.25) is 0 Å². The molecule has 0 atom stereocenters. The van der Waals surface area contributed by atoms with Crippen LogP contribution in [0.3, 0.4) is 0 Å². The van der Waals surface area contributed by atoms with Gasteiger partial charge in [-0.15, -0.1) is 0 Å². The molecule has 9 rings (SSSR count). The van der Waals surface area contributed by atoms with Crippen LogP contribution in [0.25, 0.3) is 82.1 Å². The van der Waals surface area contributed by atoms with Crippen molar-refractivity contribution in [2.45, 2.75) is 0 Å². The molecule has 5 nitrogen and oxygen atoms in total. The number of hydrogen-bond donors (Lipinski definition) is 0. The summed E-state index contributed by atoms with van der Waals surface area (Å²) in [5.41, 5.74) is 11.8. The van der Waals surface area contributed by atoms with Crippen LogP contribution in [0.2, 0.25) is 0 Å². The van der Waals surface area contributed by atoms with Crippen molar-refractivity contribution in [3.63, 3.8) is 0 Å². The first-order valence-electron chi connectivity index (χ1n) is 16.3. The molecule has 9 aromatic rings. The summed E-state index contributed by atoms with van der Waals surface area (Å²) in [5, 5.41) is 23.8. The molecule has 0 radical (unpaired) electrons. The Balaban J connectivity index is 1.18. The van der Waals surface area contributed by atoms with Crippen LogP contribution in [0.15, 0.2) is 152 Å². The summed E-state index contributed by atoms with van der Waals surface area (Å²) < 4.78 is 4.41. The Labute approximate surface area is 288 Å². The summed E-state index contributed by atoms with van der Waals surface area (Å²) in [7, 11) is 0. The molecule has 0 unspecified atom stereocenters. The first-order valence-corrected chi connectivity index (χ1v) is 16.3. The van der Waals surface area contributed by atoms with Crippen LogP contribution in [0, 0.1) is 29.2 Å². The molecule has 2 aromatic heterocycles. The van der Waals surface area contributed by atoms with Crippen LogP contribution in [0.4, 0.5) is 5.69 Å². The average molecular weight is 636 g/mol. The molecule has 0 bridgehead atoms. The summed E-state index contributed by atoms with van der Waals surface area (Å²) in [5.74, 6) is 0. The number of hydrogen-bond acceptors (Lipinski definition) is 2. The van der Waals surface area contributed by atoms with Crippen LogP contribution in [-0.2, 0) is 0 Å².